The molecule has 77 valence electrons. The van der Waals surface area contributed by atoms with E-state index in [4.69, 9.17) is 30.6 Å². The van der Waals surface area contributed by atoms with E-state index in [1.54, 1.807) is 0 Å². The molecule has 0 fully saturated rings. The van der Waals surface area contributed by atoms with Crippen molar-refractivity contribution in [2.45, 2.75) is 11.9 Å². The molecule has 0 unspecified atom stereocenters. The summed E-state index contributed by atoms with van der Waals surface area (Å²) in [6.07, 6.45) is 0. The number of hydrogen-bond acceptors (Lipinski definition) is 6. The van der Waals surface area contributed by atoms with Gasteiger partial charge in [-0.15, -0.1) is 0 Å². The molecule has 0 N–H and O–H groups in total. The van der Waals surface area contributed by atoms with Crippen LogP contribution in [0.2, 0.25) is 0 Å². The zero-order valence-electron chi connectivity index (χ0n) is 4.35. The molecule has 0 atom stereocenters. The van der Waals surface area contributed by atoms with E-state index in [1.165, 1.54) is 0 Å². The molecule has 0 rings (SSSR count). The first-order chi connectivity index (χ1) is 3.25. The summed E-state index contributed by atoms with van der Waals surface area (Å²) >= 11 is 0. The molecule has 0 aliphatic rings. The largest absolute Gasteiger partial charge is 2.00 e. The van der Waals surface area contributed by atoms with Gasteiger partial charge >= 0.3 is 51.2 Å². The molecule has 0 aliphatic carbocycles. The van der Waals surface area contributed by atoms with Gasteiger partial charge in [-0.1, -0.05) is 0 Å². The Kier molecular flexibility index (Phi) is 14.1. The molecule has 0 aromatic heterocycles. The Bertz CT molecular complexity index is 70.8. The summed E-state index contributed by atoms with van der Waals surface area (Å²) in [7, 11) is 0. The quantitative estimate of drug-likeness (QED) is 0.348. The fourth-order valence-corrected chi connectivity index (χ4v) is 0. The second-order valence-corrected chi connectivity index (χ2v) is 1.11. The molecule has 11 heavy (non-hydrogen) atoms. The monoisotopic (exact) mass is 309 g/mol. The van der Waals surface area contributed by atoms with Gasteiger partial charge in [-0.25, -0.2) is 0 Å². The summed E-state index contributed by atoms with van der Waals surface area (Å²) in [5, 5.41) is 54.5. The van der Waals surface area contributed by atoms with Crippen LogP contribution in [-0.4, -0.2) is 11.9 Å². The van der Waals surface area contributed by atoms with E-state index in [-0.39, 0.29) is 51.2 Å². The summed E-state index contributed by atoms with van der Waals surface area (Å²) in [4.78, 5) is 0. The van der Waals surface area contributed by atoms with E-state index in [1.807, 2.05) is 0 Å². The smallest absolute Gasteiger partial charge is 0.879 e. The van der Waals surface area contributed by atoms with Crippen LogP contribution in [0.3, 0.4) is 0 Å². The average molecular weight is 311 g/mol. The molecule has 0 amide bonds. The van der Waals surface area contributed by atoms with Gasteiger partial charge in [0.2, 0.25) is 0 Å². The molecule has 0 bridgehead atoms. The van der Waals surface area contributed by atoms with Crippen molar-refractivity contribution in [1.82, 2.24) is 0 Å². The molecule has 0 heterocycles. The Labute approximate surface area is 93.7 Å². The van der Waals surface area contributed by atoms with Gasteiger partial charge < -0.3 is 42.6 Å². The maximum atomic E-state index is 9.08. The molecule has 0 saturated carbocycles. The van der Waals surface area contributed by atoms with Crippen molar-refractivity contribution in [2.24, 2.45) is 0 Å². The van der Waals surface area contributed by atoms with E-state index in [0.717, 1.165) is 0 Å². The fourth-order valence-electron chi connectivity index (χ4n) is 0. The molecule has 0 spiro atoms. The van der Waals surface area contributed by atoms with Crippen LogP contribution in [0.1, 0.15) is 0 Å². The van der Waals surface area contributed by atoms with Gasteiger partial charge in [0.1, 0.15) is 0 Å². The Morgan fingerprint density at radius 2 is 0.545 bits per heavy atom. The van der Waals surface area contributed by atoms with Crippen molar-refractivity contribution in [3.05, 3.63) is 0 Å². The Hall–Kier alpha value is 1.32. The van der Waals surface area contributed by atoms with Crippen molar-refractivity contribution in [3.8, 4) is 0 Å². The first-order valence-electron chi connectivity index (χ1n) is 1.47. The van der Waals surface area contributed by atoms with Crippen molar-refractivity contribution in [3.63, 3.8) is 0 Å². The van der Waals surface area contributed by atoms with Crippen LogP contribution in [0.5, 0.6) is 0 Å². The topological polar surface area (TPSA) is 138 Å². The maximum Gasteiger partial charge on any atom is 2.00 e. The van der Waals surface area contributed by atoms with Crippen LogP contribution in [0, 0.1) is 0 Å². The summed E-state index contributed by atoms with van der Waals surface area (Å²) in [6.45, 7) is 0. The van der Waals surface area contributed by atoms with E-state index in [2.05, 4.69) is 0 Å². The molecule has 6 nitrogen and oxygen atoms in total. The predicted molar refractivity (Wildman–Crippen MR) is 5.46 cm³/mol. The minimum atomic E-state index is -4.98. The van der Waals surface area contributed by atoms with Gasteiger partial charge in [0, 0.05) is 0 Å². The van der Waals surface area contributed by atoms with Gasteiger partial charge in [0.15, 0.2) is 0 Å². The van der Waals surface area contributed by atoms with E-state index in [9.17, 15) is 0 Å². The van der Waals surface area contributed by atoms with Crippen molar-refractivity contribution in [2.75, 3.05) is 0 Å². The average Bonchev–Trinajstić information content (AvgIpc) is 1.25. The van der Waals surface area contributed by atoms with Crippen molar-refractivity contribution in [1.29, 1.82) is 0 Å². The third-order valence-electron chi connectivity index (χ3n) is 0.375. The van der Waals surface area contributed by atoms with Crippen LogP contribution in [0.4, 0.5) is 0 Å². The van der Waals surface area contributed by atoms with Gasteiger partial charge in [-0.05, 0) is 0 Å². The zero-order chi connectivity index (χ0) is 7.00. The van der Waals surface area contributed by atoms with E-state index >= 15 is 0 Å². The standard InChI is InChI=1S/C2O6.3Cu/c3-1(4,5)2(6,7)8;;;/q-6;3*+2. The second-order valence-electron chi connectivity index (χ2n) is 1.11. The molecule has 3 radical (unpaired) electrons. The van der Waals surface area contributed by atoms with E-state index < -0.39 is 11.9 Å². The van der Waals surface area contributed by atoms with E-state index in [0.29, 0.717) is 0 Å². The van der Waals surface area contributed by atoms with Gasteiger partial charge in [0.05, 0.1) is 0 Å². The van der Waals surface area contributed by atoms with Crippen LogP contribution in [0.25, 0.3) is 0 Å². The fraction of sp³-hybridized carbons (Fsp3) is 1.00. The Morgan fingerprint density at radius 3 is 0.545 bits per heavy atom. The minimum absolute atomic E-state index is 0. The van der Waals surface area contributed by atoms with Crippen molar-refractivity contribution >= 4 is 0 Å². The van der Waals surface area contributed by atoms with Crippen LogP contribution >= 0.6 is 0 Å². The third kappa shape index (κ3) is 9.23. The Balaban J connectivity index is -0.0000000817. The summed E-state index contributed by atoms with van der Waals surface area (Å²) < 4.78 is 0. The molecule has 0 saturated heterocycles. The van der Waals surface area contributed by atoms with Crippen LogP contribution < -0.4 is 30.6 Å². The minimum Gasteiger partial charge on any atom is -0.879 e. The normalized spacial score (nSPS) is 10.4. The first-order valence-corrected chi connectivity index (χ1v) is 1.47. The van der Waals surface area contributed by atoms with Gasteiger partial charge in [-0.2, -0.15) is 0 Å². The summed E-state index contributed by atoms with van der Waals surface area (Å²) in [5.41, 5.74) is 0. The van der Waals surface area contributed by atoms with Crippen LogP contribution in [-0.2, 0) is 51.2 Å². The summed E-state index contributed by atoms with van der Waals surface area (Å²) in [5.74, 6) is -9.96. The molecule has 0 aliphatic heterocycles. The number of rotatable bonds is 1. The first kappa shape index (κ1) is 22.8. The molecule has 0 aromatic carbocycles. The zero-order valence-corrected chi connectivity index (χ0v) is 7.18. The molecule has 9 heteroatoms. The second kappa shape index (κ2) is 6.79. The molecule has 0 aromatic rings. The summed E-state index contributed by atoms with van der Waals surface area (Å²) in [6, 6.07) is 0. The SMILES string of the molecule is [Cu+2].[Cu+2].[Cu+2].[O-]C([O-])([O-])C([O-])([O-])[O-]. The number of hydrogen-bond donors (Lipinski definition) is 0. The van der Waals surface area contributed by atoms with Gasteiger partial charge in [-0.3, -0.25) is 0 Å². The third-order valence-corrected chi connectivity index (χ3v) is 0.375. The maximum absolute atomic E-state index is 9.08. The van der Waals surface area contributed by atoms with Crippen molar-refractivity contribution < 1.29 is 81.8 Å². The van der Waals surface area contributed by atoms with Gasteiger partial charge in [0.25, 0.3) is 0 Å². The molecular weight excluding hydrogens is 311 g/mol. The molecular formula is C2Cu3O6. The Morgan fingerprint density at radius 1 is 0.455 bits per heavy atom. The van der Waals surface area contributed by atoms with Crippen LogP contribution in [0.15, 0.2) is 0 Å². The predicted octanol–water partition coefficient (Wildman–Crippen LogP) is -7.55.